The van der Waals surface area contributed by atoms with Crippen LogP contribution in [0.5, 0.6) is 0 Å². The summed E-state index contributed by atoms with van der Waals surface area (Å²) >= 11 is 0. The summed E-state index contributed by atoms with van der Waals surface area (Å²) in [5.74, 6) is -0.248. The molecule has 0 aliphatic carbocycles. The second-order valence-corrected chi connectivity index (χ2v) is 10.1. The van der Waals surface area contributed by atoms with Crippen molar-refractivity contribution in [1.82, 2.24) is 15.1 Å². The van der Waals surface area contributed by atoms with E-state index in [0.29, 0.717) is 24.4 Å². The van der Waals surface area contributed by atoms with E-state index in [1.807, 2.05) is 12.1 Å². The standard InChI is InChI=1S/C30H37N3O3.U/c1-4-32(5-2)19-23-11-8-12-24(18-23)21(3)9-6-7-10-22-13-14-26-25(17-22)20-33(30(26)36)27-15-16-28(34)31-29(27)35;/h8,11-14,17-18,21,27H,1-2,4-7,9-10,15-16,19-20H2,3H3,(H,31,34,35);/q-2;+2. The summed E-state index contributed by atoms with van der Waals surface area (Å²) in [6, 6.07) is 14.3. The van der Waals surface area contributed by atoms with Crippen molar-refractivity contribution in [2.24, 2.45) is 0 Å². The van der Waals surface area contributed by atoms with Crippen LogP contribution in [0.3, 0.4) is 0 Å². The Labute approximate surface area is 244 Å². The van der Waals surface area contributed by atoms with Crippen molar-refractivity contribution in [3.8, 4) is 0 Å². The van der Waals surface area contributed by atoms with Crippen molar-refractivity contribution < 1.29 is 45.5 Å². The normalized spacial score (nSPS) is 18.0. The molecule has 37 heavy (non-hydrogen) atoms. The number of nitrogens with one attached hydrogen (secondary N) is 1. The third-order valence-corrected chi connectivity index (χ3v) is 7.50. The topological polar surface area (TPSA) is 69.7 Å². The largest absolute Gasteiger partial charge is 2.00 e. The maximum absolute atomic E-state index is 12.9. The SMILES string of the molecule is [CH2-]CN(C[CH2-])Cc1cccc(C(C)CCCCc2ccc3c(c2)CN(C2CCC(=O)NC2=O)C3=O)c1.[U+2]. The summed E-state index contributed by atoms with van der Waals surface area (Å²) in [6.45, 7) is 13.1. The minimum absolute atomic E-state index is 0. The molecule has 1 fully saturated rings. The minimum Gasteiger partial charge on any atom is -0.359 e. The van der Waals surface area contributed by atoms with E-state index < -0.39 is 6.04 Å². The Morgan fingerprint density at radius 1 is 1.05 bits per heavy atom. The molecule has 3 amide bonds. The second-order valence-electron chi connectivity index (χ2n) is 10.1. The van der Waals surface area contributed by atoms with Gasteiger partial charge in [-0.05, 0) is 59.9 Å². The van der Waals surface area contributed by atoms with Gasteiger partial charge in [0.05, 0.1) is 0 Å². The monoisotopic (exact) mass is 725 g/mol. The Hall–Kier alpha value is -1.94. The number of fused-ring (bicyclic) bond motifs is 1. The number of rotatable bonds is 11. The minimum atomic E-state index is -0.564. The van der Waals surface area contributed by atoms with Crippen LogP contribution in [0, 0.1) is 45.0 Å². The molecule has 2 aromatic rings. The van der Waals surface area contributed by atoms with Crippen LogP contribution in [-0.2, 0) is 29.1 Å². The number of aryl methyl sites for hydroxylation is 1. The van der Waals surface area contributed by atoms with Gasteiger partial charge in [-0.1, -0.05) is 49.7 Å². The fourth-order valence-corrected chi connectivity index (χ4v) is 5.26. The van der Waals surface area contributed by atoms with Crippen LogP contribution in [0.25, 0.3) is 0 Å². The van der Waals surface area contributed by atoms with Gasteiger partial charge >= 0.3 is 31.1 Å². The number of amides is 3. The number of carbonyl (C=O) groups is 3. The Morgan fingerprint density at radius 3 is 2.57 bits per heavy atom. The first-order valence-corrected chi connectivity index (χ1v) is 13.1. The van der Waals surface area contributed by atoms with E-state index in [9.17, 15) is 14.4 Å². The molecule has 2 heterocycles. The van der Waals surface area contributed by atoms with Crippen LogP contribution < -0.4 is 5.32 Å². The summed E-state index contributed by atoms with van der Waals surface area (Å²) in [7, 11) is 0. The molecule has 1 saturated heterocycles. The van der Waals surface area contributed by atoms with Gasteiger partial charge in [-0.25, -0.2) is 0 Å². The van der Waals surface area contributed by atoms with E-state index in [-0.39, 0.29) is 55.3 Å². The van der Waals surface area contributed by atoms with Crippen LogP contribution in [0.1, 0.15) is 77.6 Å². The zero-order chi connectivity index (χ0) is 25.7. The first-order chi connectivity index (χ1) is 17.4. The Morgan fingerprint density at radius 2 is 1.84 bits per heavy atom. The smallest absolute Gasteiger partial charge is 0.359 e. The molecule has 2 aliphatic rings. The van der Waals surface area contributed by atoms with E-state index in [1.165, 1.54) is 16.7 Å². The van der Waals surface area contributed by atoms with E-state index in [4.69, 9.17) is 0 Å². The average Bonchev–Trinajstić information content (AvgIpc) is 3.20. The third-order valence-electron chi connectivity index (χ3n) is 7.50. The molecular weight excluding hydrogens is 688 g/mol. The maximum atomic E-state index is 12.9. The van der Waals surface area contributed by atoms with Crippen molar-refractivity contribution in [3.63, 3.8) is 0 Å². The van der Waals surface area contributed by atoms with E-state index in [2.05, 4.69) is 61.3 Å². The van der Waals surface area contributed by atoms with Gasteiger partial charge in [0.15, 0.2) is 0 Å². The predicted molar refractivity (Wildman–Crippen MR) is 141 cm³/mol. The number of piperidine rings is 1. The van der Waals surface area contributed by atoms with Gasteiger partial charge in [0, 0.05) is 25.1 Å². The number of hydrogen-bond acceptors (Lipinski definition) is 4. The number of imide groups is 1. The van der Waals surface area contributed by atoms with E-state index >= 15 is 0 Å². The fourth-order valence-electron chi connectivity index (χ4n) is 5.26. The predicted octanol–water partition coefficient (Wildman–Crippen LogP) is 4.43. The Bertz CT molecular complexity index is 1120. The summed E-state index contributed by atoms with van der Waals surface area (Å²) in [5.41, 5.74) is 5.57. The molecule has 0 radical (unpaired) electrons. The van der Waals surface area contributed by atoms with Crippen LogP contribution in [0.15, 0.2) is 42.5 Å². The molecule has 0 aromatic heterocycles. The van der Waals surface area contributed by atoms with Crippen molar-refractivity contribution in [2.45, 2.75) is 70.5 Å². The zero-order valence-electron chi connectivity index (χ0n) is 21.8. The number of unbranched alkanes of at least 4 members (excludes halogenated alkanes) is 1. The Kier molecular flexibility index (Phi) is 11.0. The molecule has 7 heteroatoms. The number of nitrogens with zero attached hydrogens (tertiary/aromatic N) is 2. The van der Waals surface area contributed by atoms with Crippen molar-refractivity contribution in [2.75, 3.05) is 13.1 Å². The number of hydrogen-bond donors (Lipinski definition) is 1. The molecule has 2 unspecified atom stereocenters. The molecule has 2 aliphatic heterocycles. The molecule has 2 aromatic carbocycles. The van der Waals surface area contributed by atoms with Crippen molar-refractivity contribution >= 4 is 17.7 Å². The number of carbonyl (C=O) groups excluding carboxylic acids is 3. The molecule has 194 valence electrons. The fraction of sp³-hybridized carbons (Fsp3) is 0.433. The summed E-state index contributed by atoms with van der Waals surface area (Å²) in [5, 5.41) is 2.36. The van der Waals surface area contributed by atoms with Gasteiger partial charge in [0.1, 0.15) is 6.04 Å². The Balaban J connectivity index is 0.00000380. The quantitative estimate of drug-likeness (QED) is 0.212. The van der Waals surface area contributed by atoms with Gasteiger partial charge in [-0.2, -0.15) is 0 Å². The van der Waals surface area contributed by atoms with Crippen LogP contribution in [-0.4, -0.2) is 46.7 Å². The molecule has 6 nitrogen and oxygen atoms in total. The zero-order valence-corrected chi connectivity index (χ0v) is 26.0. The first-order valence-electron chi connectivity index (χ1n) is 13.1. The van der Waals surface area contributed by atoms with Gasteiger partial charge in [0.2, 0.25) is 11.8 Å². The molecule has 0 spiro atoms. The second kappa shape index (κ2) is 13.7. The molecular formula is C30H37N3O3U. The van der Waals surface area contributed by atoms with Crippen LogP contribution >= 0.6 is 0 Å². The average molecular weight is 726 g/mol. The van der Waals surface area contributed by atoms with E-state index in [1.54, 1.807) is 4.90 Å². The maximum Gasteiger partial charge on any atom is 2.00 e. The van der Waals surface area contributed by atoms with Crippen LogP contribution in [0.2, 0.25) is 0 Å². The van der Waals surface area contributed by atoms with Crippen molar-refractivity contribution in [1.29, 1.82) is 0 Å². The summed E-state index contributed by atoms with van der Waals surface area (Å²) < 4.78 is 0. The number of benzene rings is 2. The first kappa shape index (κ1) is 29.6. The summed E-state index contributed by atoms with van der Waals surface area (Å²) in [6.07, 6.45) is 4.98. The molecule has 2 atom stereocenters. The molecule has 0 bridgehead atoms. The van der Waals surface area contributed by atoms with Gasteiger partial charge in [0.25, 0.3) is 5.91 Å². The summed E-state index contributed by atoms with van der Waals surface area (Å²) in [4.78, 5) is 40.4. The van der Waals surface area contributed by atoms with Crippen molar-refractivity contribution in [3.05, 3.63) is 84.1 Å². The molecule has 1 N–H and O–H groups in total. The molecule has 0 saturated carbocycles. The van der Waals surface area contributed by atoms with E-state index in [0.717, 1.165) is 50.9 Å². The van der Waals surface area contributed by atoms with Crippen LogP contribution in [0.4, 0.5) is 0 Å². The molecule has 4 rings (SSSR count). The third kappa shape index (κ3) is 7.34. The van der Waals surface area contributed by atoms with Gasteiger partial charge in [-0.3, -0.25) is 19.7 Å². The van der Waals surface area contributed by atoms with Gasteiger partial charge in [-0.15, -0.1) is 13.1 Å². The van der Waals surface area contributed by atoms with Gasteiger partial charge < -0.3 is 23.6 Å².